The van der Waals surface area contributed by atoms with E-state index in [4.69, 9.17) is 4.52 Å². The highest BCUT2D eigenvalue weighted by molar-refractivity contribution is 7.13. The Morgan fingerprint density at radius 3 is 2.90 bits per heavy atom. The van der Waals surface area contributed by atoms with Crippen molar-refractivity contribution in [3.8, 4) is 10.7 Å². The summed E-state index contributed by atoms with van der Waals surface area (Å²) in [6.07, 6.45) is 4.14. The summed E-state index contributed by atoms with van der Waals surface area (Å²) in [4.78, 5) is 18.1. The van der Waals surface area contributed by atoms with Crippen LogP contribution in [0.2, 0.25) is 0 Å². The lowest BCUT2D eigenvalue weighted by Gasteiger charge is -2.23. The summed E-state index contributed by atoms with van der Waals surface area (Å²) in [6.45, 7) is 6.01. The molecule has 0 aliphatic heterocycles. The average Bonchev–Trinajstić information content (AvgIpc) is 3.06. The Hall–Kier alpha value is -1.69. The first-order valence-corrected chi connectivity index (χ1v) is 7.70. The van der Waals surface area contributed by atoms with Gasteiger partial charge in [0.2, 0.25) is 11.8 Å². The number of aromatic nitrogens is 2. The molecular weight excluding hydrogens is 274 g/mol. The van der Waals surface area contributed by atoms with Gasteiger partial charge in [-0.25, -0.2) is 4.98 Å². The van der Waals surface area contributed by atoms with Crippen molar-refractivity contribution in [2.75, 3.05) is 4.90 Å². The maximum absolute atomic E-state index is 12.3. The standard InChI is InChI=1S/C14H19N3O2S/c1-4-5-6-12(18)17(10(2)3)13-9-11(16-19-13)14-15-7-8-20-14/h7-10H,4-6H2,1-3H3. The third-order valence-electron chi connectivity index (χ3n) is 2.92. The predicted molar refractivity (Wildman–Crippen MR) is 79.8 cm³/mol. The highest BCUT2D eigenvalue weighted by Gasteiger charge is 2.23. The van der Waals surface area contributed by atoms with E-state index in [0.29, 0.717) is 18.0 Å². The Kier molecular flexibility index (Phi) is 4.89. The number of thiazole rings is 1. The summed E-state index contributed by atoms with van der Waals surface area (Å²) in [6, 6.07) is 1.82. The van der Waals surface area contributed by atoms with Crippen LogP contribution in [-0.2, 0) is 4.79 Å². The van der Waals surface area contributed by atoms with Crippen molar-refractivity contribution in [3.05, 3.63) is 17.6 Å². The van der Waals surface area contributed by atoms with Crippen LogP contribution in [-0.4, -0.2) is 22.1 Å². The fraction of sp³-hybridized carbons (Fsp3) is 0.500. The number of unbranched alkanes of at least 4 members (excludes halogenated alkanes) is 1. The zero-order valence-corrected chi connectivity index (χ0v) is 12.8. The summed E-state index contributed by atoms with van der Waals surface area (Å²) in [5.41, 5.74) is 0.670. The third-order valence-corrected chi connectivity index (χ3v) is 3.71. The Morgan fingerprint density at radius 1 is 1.50 bits per heavy atom. The van der Waals surface area contributed by atoms with Crippen molar-refractivity contribution in [1.29, 1.82) is 0 Å². The Balaban J connectivity index is 2.20. The first-order valence-electron chi connectivity index (χ1n) is 6.82. The molecule has 108 valence electrons. The molecule has 0 N–H and O–H groups in total. The predicted octanol–water partition coefficient (Wildman–Crippen LogP) is 3.73. The van der Waals surface area contributed by atoms with Crippen molar-refractivity contribution >= 4 is 23.1 Å². The van der Waals surface area contributed by atoms with Gasteiger partial charge >= 0.3 is 0 Å². The van der Waals surface area contributed by atoms with Crippen molar-refractivity contribution in [1.82, 2.24) is 10.1 Å². The zero-order chi connectivity index (χ0) is 14.5. The molecule has 0 aromatic carbocycles. The summed E-state index contributed by atoms with van der Waals surface area (Å²) in [5.74, 6) is 0.565. The quantitative estimate of drug-likeness (QED) is 0.814. The molecule has 0 aliphatic carbocycles. The molecule has 0 aliphatic rings. The van der Waals surface area contributed by atoms with Gasteiger partial charge in [-0.2, -0.15) is 0 Å². The van der Waals surface area contributed by atoms with E-state index >= 15 is 0 Å². The normalized spacial score (nSPS) is 11.0. The molecule has 6 heteroatoms. The largest absolute Gasteiger partial charge is 0.337 e. The lowest BCUT2D eigenvalue weighted by Crippen LogP contribution is -2.36. The zero-order valence-electron chi connectivity index (χ0n) is 12.0. The number of amides is 1. The van der Waals surface area contributed by atoms with Crippen LogP contribution in [0.25, 0.3) is 10.7 Å². The third kappa shape index (κ3) is 3.25. The molecule has 2 rings (SSSR count). The molecule has 2 aromatic heterocycles. The molecule has 2 aromatic rings. The van der Waals surface area contributed by atoms with Crippen LogP contribution in [0.15, 0.2) is 22.2 Å². The Labute approximate surface area is 122 Å². The number of carbonyl (C=O) groups excluding carboxylic acids is 1. The Morgan fingerprint density at radius 2 is 2.30 bits per heavy atom. The van der Waals surface area contributed by atoms with Gasteiger partial charge in [-0.05, 0) is 20.3 Å². The van der Waals surface area contributed by atoms with Crippen molar-refractivity contribution < 1.29 is 9.32 Å². The molecular formula is C14H19N3O2S. The SMILES string of the molecule is CCCCC(=O)N(c1cc(-c2nccs2)no1)C(C)C. The van der Waals surface area contributed by atoms with Gasteiger partial charge in [0, 0.05) is 30.1 Å². The molecule has 0 saturated carbocycles. The molecule has 0 spiro atoms. The summed E-state index contributed by atoms with van der Waals surface area (Å²) < 4.78 is 5.33. The minimum absolute atomic E-state index is 0.0384. The average molecular weight is 293 g/mol. The van der Waals surface area contributed by atoms with Crippen LogP contribution in [0.1, 0.15) is 40.0 Å². The number of carbonyl (C=O) groups is 1. The second kappa shape index (κ2) is 6.65. The van der Waals surface area contributed by atoms with E-state index in [9.17, 15) is 4.79 Å². The van der Waals surface area contributed by atoms with Gasteiger partial charge in [0.1, 0.15) is 10.7 Å². The molecule has 0 fully saturated rings. The van der Waals surface area contributed by atoms with E-state index in [1.807, 2.05) is 19.2 Å². The van der Waals surface area contributed by atoms with Crippen LogP contribution >= 0.6 is 11.3 Å². The van der Waals surface area contributed by atoms with E-state index in [-0.39, 0.29) is 11.9 Å². The van der Waals surface area contributed by atoms with Crippen molar-refractivity contribution in [2.24, 2.45) is 0 Å². The van der Waals surface area contributed by atoms with E-state index in [1.54, 1.807) is 17.2 Å². The van der Waals surface area contributed by atoms with Gasteiger partial charge in [0.15, 0.2) is 0 Å². The van der Waals surface area contributed by atoms with Crippen LogP contribution < -0.4 is 4.90 Å². The van der Waals surface area contributed by atoms with Gasteiger partial charge in [-0.15, -0.1) is 11.3 Å². The van der Waals surface area contributed by atoms with Gasteiger partial charge in [-0.1, -0.05) is 18.5 Å². The van der Waals surface area contributed by atoms with Crippen LogP contribution in [0.5, 0.6) is 0 Å². The van der Waals surface area contributed by atoms with E-state index in [0.717, 1.165) is 17.8 Å². The number of hydrogen-bond donors (Lipinski definition) is 0. The minimum Gasteiger partial charge on any atom is -0.337 e. The first-order chi connectivity index (χ1) is 9.63. The lowest BCUT2D eigenvalue weighted by molar-refractivity contribution is -0.119. The van der Waals surface area contributed by atoms with Gasteiger partial charge in [0.05, 0.1) is 0 Å². The van der Waals surface area contributed by atoms with Gasteiger partial charge in [0.25, 0.3) is 0 Å². The summed E-state index contributed by atoms with van der Waals surface area (Å²) in [5, 5.41) is 6.68. The molecule has 20 heavy (non-hydrogen) atoms. The Bertz CT molecular complexity index is 549. The molecule has 0 bridgehead atoms. The molecule has 2 heterocycles. The summed E-state index contributed by atoms with van der Waals surface area (Å²) >= 11 is 1.49. The number of rotatable bonds is 6. The molecule has 1 amide bonds. The molecule has 0 saturated heterocycles. The second-order valence-electron chi connectivity index (χ2n) is 4.85. The van der Waals surface area contributed by atoms with Gasteiger partial charge < -0.3 is 4.52 Å². The van der Waals surface area contributed by atoms with E-state index < -0.39 is 0 Å². The maximum Gasteiger partial charge on any atom is 0.234 e. The van der Waals surface area contributed by atoms with Crippen LogP contribution in [0, 0.1) is 0 Å². The molecule has 0 atom stereocenters. The van der Waals surface area contributed by atoms with Crippen LogP contribution in [0.4, 0.5) is 5.88 Å². The number of anilines is 1. The lowest BCUT2D eigenvalue weighted by atomic mass is 10.2. The first kappa shape index (κ1) is 14.7. The smallest absolute Gasteiger partial charge is 0.234 e. The number of nitrogens with zero attached hydrogens (tertiary/aromatic N) is 3. The fourth-order valence-corrected chi connectivity index (χ4v) is 2.53. The maximum atomic E-state index is 12.3. The number of hydrogen-bond acceptors (Lipinski definition) is 5. The summed E-state index contributed by atoms with van der Waals surface area (Å²) in [7, 11) is 0. The molecule has 5 nitrogen and oxygen atoms in total. The second-order valence-corrected chi connectivity index (χ2v) is 5.74. The monoisotopic (exact) mass is 293 g/mol. The van der Waals surface area contributed by atoms with Crippen molar-refractivity contribution in [2.45, 2.75) is 46.1 Å². The van der Waals surface area contributed by atoms with Crippen LogP contribution in [0.3, 0.4) is 0 Å². The highest BCUT2D eigenvalue weighted by atomic mass is 32.1. The van der Waals surface area contributed by atoms with Gasteiger partial charge in [-0.3, -0.25) is 9.69 Å². The van der Waals surface area contributed by atoms with E-state index in [2.05, 4.69) is 17.1 Å². The topological polar surface area (TPSA) is 59.2 Å². The molecule has 0 radical (unpaired) electrons. The van der Waals surface area contributed by atoms with Crippen molar-refractivity contribution in [3.63, 3.8) is 0 Å². The fourth-order valence-electron chi connectivity index (χ4n) is 1.94. The minimum atomic E-state index is 0.0384. The molecule has 0 unspecified atom stereocenters. The highest BCUT2D eigenvalue weighted by Crippen LogP contribution is 2.27. The van der Waals surface area contributed by atoms with E-state index in [1.165, 1.54) is 11.3 Å².